The molecule has 8 heteroatoms. The van der Waals surface area contributed by atoms with E-state index in [-0.39, 0.29) is 12.3 Å². The second-order valence-electron chi connectivity index (χ2n) is 4.43. The van der Waals surface area contributed by atoms with Gasteiger partial charge >= 0.3 is 0 Å². The second-order valence-corrected chi connectivity index (χ2v) is 6.49. The van der Waals surface area contributed by atoms with Crippen LogP contribution in [0.25, 0.3) is 0 Å². The van der Waals surface area contributed by atoms with E-state index in [1.807, 2.05) is 24.3 Å². The van der Waals surface area contributed by atoms with Crippen molar-refractivity contribution in [2.24, 2.45) is 5.10 Å². The Bertz CT molecular complexity index is 708. The van der Waals surface area contributed by atoms with E-state index in [0.717, 1.165) is 10.2 Å². The number of nitro benzene ring substituents is 1. The standard InChI is InChI=1S/C15H14BrN3O3S/c16-12-2-4-13(5-3-12)18-17-10-11-1-6-15(23-8-7-20)14(9-11)19(21)22/h1-6,9-10,18,20H,7-8H2/b17-10-. The first-order valence-electron chi connectivity index (χ1n) is 6.67. The molecule has 0 unspecified atom stereocenters. The monoisotopic (exact) mass is 395 g/mol. The van der Waals surface area contributed by atoms with Gasteiger partial charge in [0, 0.05) is 21.9 Å². The zero-order chi connectivity index (χ0) is 16.7. The van der Waals surface area contributed by atoms with Gasteiger partial charge in [0.05, 0.1) is 28.3 Å². The summed E-state index contributed by atoms with van der Waals surface area (Å²) in [6.45, 7) is -0.0257. The van der Waals surface area contributed by atoms with Crippen LogP contribution in [-0.4, -0.2) is 28.6 Å². The molecule has 0 bridgehead atoms. The van der Waals surface area contributed by atoms with Crippen LogP contribution in [0.15, 0.2) is 56.9 Å². The van der Waals surface area contributed by atoms with E-state index in [2.05, 4.69) is 26.5 Å². The molecule has 0 saturated carbocycles. The van der Waals surface area contributed by atoms with Crippen molar-refractivity contribution in [2.45, 2.75) is 4.90 Å². The Balaban J connectivity index is 2.10. The summed E-state index contributed by atoms with van der Waals surface area (Å²) in [5, 5.41) is 24.0. The Labute approximate surface area is 145 Å². The summed E-state index contributed by atoms with van der Waals surface area (Å²) in [4.78, 5) is 11.2. The number of hydrogen-bond donors (Lipinski definition) is 2. The van der Waals surface area contributed by atoms with Crippen LogP contribution in [0.3, 0.4) is 0 Å². The number of nitrogens with zero attached hydrogens (tertiary/aromatic N) is 2. The molecule has 120 valence electrons. The molecule has 0 saturated heterocycles. The number of benzene rings is 2. The van der Waals surface area contributed by atoms with Crippen LogP contribution in [-0.2, 0) is 0 Å². The number of aliphatic hydroxyl groups is 1. The highest BCUT2D eigenvalue weighted by Gasteiger charge is 2.14. The van der Waals surface area contributed by atoms with Crippen molar-refractivity contribution in [1.82, 2.24) is 0 Å². The molecule has 2 N–H and O–H groups in total. The number of nitrogens with one attached hydrogen (secondary N) is 1. The summed E-state index contributed by atoms with van der Waals surface area (Å²) >= 11 is 4.60. The van der Waals surface area contributed by atoms with Gasteiger partial charge < -0.3 is 5.11 Å². The highest BCUT2D eigenvalue weighted by molar-refractivity contribution is 9.10. The van der Waals surface area contributed by atoms with Crippen LogP contribution in [0.5, 0.6) is 0 Å². The molecule has 0 aliphatic heterocycles. The van der Waals surface area contributed by atoms with Gasteiger partial charge in [0.15, 0.2) is 0 Å². The SMILES string of the molecule is O=[N+]([O-])c1cc(/C=N\Nc2ccc(Br)cc2)ccc1SCCO. The van der Waals surface area contributed by atoms with Gasteiger partial charge in [-0.3, -0.25) is 15.5 Å². The number of hydrazone groups is 1. The molecule has 0 heterocycles. The molecule has 0 aromatic heterocycles. The average molecular weight is 396 g/mol. The van der Waals surface area contributed by atoms with Crippen LogP contribution in [0, 0.1) is 10.1 Å². The van der Waals surface area contributed by atoms with Crippen LogP contribution < -0.4 is 5.43 Å². The number of aliphatic hydroxyl groups excluding tert-OH is 1. The minimum Gasteiger partial charge on any atom is -0.396 e. The van der Waals surface area contributed by atoms with Gasteiger partial charge in [-0.25, -0.2) is 0 Å². The fourth-order valence-electron chi connectivity index (χ4n) is 1.74. The molecule has 0 atom stereocenters. The second kappa shape index (κ2) is 8.66. The summed E-state index contributed by atoms with van der Waals surface area (Å²) in [6, 6.07) is 12.4. The molecule has 0 fully saturated rings. The summed E-state index contributed by atoms with van der Waals surface area (Å²) in [6.07, 6.45) is 1.52. The van der Waals surface area contributed by atoms with E-state index in [4.69, 9.17) is 5.11 Å². The van der Waals surface area contributed by atoms with E-state index >= 15 is 0 Å². The summed E-state index contributed by atoms with van der Waals surface area (Å²) in [5.41, 5.74) is 4.30. The van der Waals surface area contributed by atoms with Gasteiger partial charge in [-0.1, -0.05) is 22.0 Å². The zero-order valence-corrected chi connectivity index (χ0v) is 14.4. The van der Waals surface area contributed by atoms with E-state index < -0.39 is 4.92 Å². The van der Waals surface area contributed by atoms with Gasteiger partial charge in [0.25, 0.3) is 5.69 Å². The van der Waals surface area contributed by atoms with Crippen LogP contribution in [0.1, 0.15) is 5.56 Å². The predicted molar refractivity (Wildman–Crippen MR) is 96.3 cm³/mol. The Morgan fingerprint density at radius 3 is 2.70 bits per heavy atom. The molecule has 0 aliphatic carbocycles. The number of hydrogen-bond acceptors (Lipinski definition) is 6. The molecular formula is C15H14BrN3O3S. The maximum Gasteiger partial charge on any atom is 0.283 e. The molecule has 2 rings (SSSR count). The number of anilines is 1. The quantitative estimate of drug-likeness (QED) is 0.321. The van der Waals surface area contributed by atoms with Gasteiger partial charge in [-0.2, -0.15) is 5.10 Å². The van der Waals surface area contributed by atoms with Crippen molar-refractivity contribution in [1.29, 1.82) is 0 Å². The Morgan fingerprint density at radius 2 is 2.04 bits per heavy atom. The highest BCUT2D eigenvalue weighted by atomic mass is 79.9. The Kier molecular flexibility index (Phi) is 6.57. The van der Waals surface area contributed by atoms with Crippen molar-refractivity contribution in [2.75, 3.05) is 17.8 Å². The summed E-state index contributed by atoms with van der Waals surface area (Å²) in [7, 11) is 0. The lowest BCUT2D eigenvalue weighted by molar-refractivity contribution is -0.387. The molecule has 2 aromatic rings. The number of thioether (sulfide) groups is 1. The maximum absolute atomic E-state index is 11.1. The normalized spacial score (nSPS) is 10.9. The van der Waals surface area contributed by atoms with Crippen molar-refractivity contribution in [3.8, 4) is 0 Å². The van der Waals surface area contributed by atoms with Crippen molar-refractivity contribution in [3.63, 3.8) is 0 Å². The third kappa shape index (κ3) is 5.34. The number of rotatable bonds is 7. The highest BCUT2D eigenvalue weighted by Crippen LogP contribution is 2.29. The largest absolute Gasteiger partial charge is 0.396 e. The first-order chi connectivity index (χ1) is 11.1. The van der Waals surface area contributed by atoms with Crippen molar-refractivity contribution in [3.05, 3.63) is 62.6 Å². The summed E-state index contributed by atoms with van der Waals surface area (Å²) < 4.78 is 0.971. The smallest absolute Gasteiger partial charge is 0.283 e. The van der Waals surface area contributed by atoms with Gasteiger partial charge in [0.1, 0.15) is 0 Å². The van der Waals surface area contributed by atoms with Gasteiger partial charge in [0.2, 0.25) is 0 Å². The third-order valence-corrected chi connectivity index (χ3v) is 4.35. The molecular weight excluding hydrogens is 382 g/mol. The lowest BCUT2D eigenvalue weighted by Crippen LogP contribution is -1.96. The third-order valence-electron chi connectivity index (χ3n) is 2.78. The first-order valence-corrected chi connectivity index (χ1v) is 8.45. The van der Waals surface area contributed by atoms with Crippen LogP contribution >= 0.6 is 27.7 Å². The van der Waals surface area contributed by atoms with Crippen LogP contribution in [0.2, 0.25) is 0 Å². The van der Waals surface area contributed by atoms with Crippen molar-refractivity contribution < 1.29 is 10.0 Å². The van der Waals surface area contributed by atoms with E-state index in [1.54, 1.807) is 12.1 Å². The zero-order valence-electron chi connectivity index (χ0n) is 12.0. The molecule has 2 aromatic carbocycles. The fourth-order valence-corrected chi connectivity index (χ4v) is 2.76. The fraction of sp³-hybridized carbons (Fsp3) is 0.133. The minimum atomic E-state index is -0.431. The molecule has 6 nitrogen and oxygen atoms in total. The summed E-state index contributed by atoms with van der Waals surface area (Å²) in [5.74, 6) is 0.416. The van der Waals surface area contributed by atoms with E-state index in [1.165, 1.54) is 24.0 Å². The Morgan fingerprint density at radius 1 is 1.30 bits per heavy atom. The molecule has 23 heavy (non-hydrogen) atoms. The topological polar surface area (TPSA) is 87.8 Å². The maximum atomic E-state index is 11.1. The Hall–Kier alpha value is -1.90. The molecule has 0 aliphatic rings. The lowest BCUT2D eigenvalue weighted by atomic mass is 10.2. The first kappa shape index (κ1) is 17.5. The van der Waals surface area contributed by atoms with Crippen LogP contribution in [0.4, 0.5) is 11.4 Å². The van der Waals surface area contributed by atoms with E-state index in [0.29, 0.717) is 16.2 Å². The molecule has 0 radical (unpaired) electrons. The average Bonchev–Trinajstić information content (AvgIpc) is 2.55. The van der Waals surface area contributed by atoms with Gasteiger partial charge in [-0.15, -0.1) is 11.8 Å². The lowest BCUT2D eigenvalue weighted by Gasteiger charge is -2.03. The predicted octanol–water partition coefficient (Wildman–Crippen LogP) is 3.89. The van der Waals surface area contributed by atoms with Crippen molar-refractivity contribution >= 4 is 45.3 Å². The van der Waals surface area contributed by atoms with E-state index in [9.17, 15) is 10.1 Å². The number of nitro groups is 1. The molecule has 0 spiro atoms. The minimum absolute atomic E-state index is 0.0102. The number of halogens is 1. The molecule has 0 amide bonds. The van der Waals surface area contributed by atoms with Gasteiger partial charge in [-0.05, 0) is 30.3 Å².